The number of carbonyl (C=O) groups excluding carboxylic acids is 3. The zero-order valence-corrected chi connectivity index (χ0v) is 17.2. The summed E-state index contributed by atoms with van der Waals surface area (Å²) in [7, 11) is 4.55. The molecule has 0 saturated heterocycles. The summed E-state index contributed by atoms with van der Waals surface area (Å²) >= 11 is 0. The lowest BCUT2D eigenvalue weighted by molar-refractivity contribution is -0.129. The van der Waals surface area contributed by atoms with Gasteiger partial charge in [-0.05, 0) is 29.3 Å². The highest BCUT2D eigenvalue weighted by Crippen LogP contribution is 2.38. The Bertz CT molecular complexity index is 947. The van der Waals surface area contributed by atoms with Crippen molar-refractivity contribution in [1.82, 2.24) is 10.2 Å². The van der Waals surface area contributed by atoms with Crippen LogP contribution in [-0.4, -0.2) is 50.5 Å². The SMILES string of the molecule is COc1cc(CNC(=O)CCN2C(=O)Cc3ccccc3C2=O)cc(OC)c1OC. The summed E-state index contributed by atoms with van der Waals surface area (Å²) in [6.07, 6.45) is 0.180. The van der Waals surface area contributed by atoms with E-state index in [1.165, 1.54) is 21.3 Å². The molecular weight excluding hydrogens is 388 g/mol. The largest absolute Gasteiger partial charge is 0.493 e. The number of imide groups is 1. The third kappa shape index (κ3) is 4.37. The second-order valence-electron chi connectivity index (χ2n) is 6.74. The van der Waals surface area contributed by atoms with Gasteiger partial charge in [0, 0.05) is 25.1 Å². The van der Waals surface area contributed by atoms with Crippen molar-refractivity contribution in [1.29, 1.82) is 0 Å². The number of benzene rings is 2. The van der Waals surface area contributed by atoms with Gasteiger partial charge in [0.1, 0.15) is 0 Å². The first kappa shape index (κ1) is 21.2. The number of carbonyl (C=O) groups is 3. The molecule has 2 aromatic rings. The Morgan fingerprint density at radius 1 is 1.03 bits per heavy atom. The third-order valence-corrected chi connectivity index (χ3v) is 4.91. The fourth-order valence-electron chi connectivity index (χ4n) is 3.37. The van der Waals surface area contributed by atoms with Crippen LogP contribution in [0.15, 0.2) is 36.4 Å². The van der Waals surface area contributed by atoms with Crippen LogP contribution in [0.1, 0.15) is 27.9 Å². The minimum Gasteiger partial charge on any atom is -0.493 e. The van der Waals surface area contributed by atoms with Gasteiger partial charge in [-0.1, -0.05) is 18.2 Å². The normalized spacial score (nSPS) is 13.0. The first-order chi connectivity index (χ1) is 14.5. The minimum absolute atomic E-state index is 0.0179. The molecule has 1 heterocycles. The second-order valence-corrected chi connectivity index (χ2v) is 6.74. The molecule has 0 saturated carbocycles. The molecule has 0 unspecified atom stereocenters. The highest BCUT2D eigenvalue weighted by Gasteiger charge is 2.30. The Hall–Kier alpha value is -3.55. The van der Waals surface area contributed by atoms with E-state index in [0.29, 0.717) is 22.8 Å². The van der Waals surface area contributed by atoms with Crippen LogP contribution in [0.2, 0.25) is 0 Å². The van der Waals surface area contributed by atoms with Crippen LogP contribution < -0.4 is 19.5 Å². The van der Waals surface area contributed by atoms with Gasteiger partial charge in [-0.15, -0.1) is 0 Å². The van der Waals surface area contributed by atoms with Crippen molar-refractivity contribution < 1.29 is 28.6 Å². The van der Waals surface area contributed by atoms with E-state index in [1.807, 2.05) is 0 Å². The number of hydrogen-bond acceptors (Lipinski definition) is 6. The van der Waals surface area contributed by atoms with E-state index >= 15 is 0 Å². The molecule has 1 N–H and O–H groups in total. The predicted molar refractivity (Wildman–Crippen MR) is 109 cm³/mol. The summed E-state index contributed by atoms with van der Waals surface area (Å²) in [6.45, 7) is 0.271. The van der Waals surface area contributed by atoms with Gasteiger partial charge in [0.2, 0.25) is 17.6 Å². The Morgan fingerprint density at radius 2 is 1.70 bits per heavy atom. The summed E-state index contributed by atoms with van der Waals surface area (Å²) < 4.78 is 15.9. The fourth-order valence-corrected chi connectivity index (χ4v) is 3.37. The number of methoxy groups -OCH3 is 3. The van der Waals surface area contributed by atoms with Crippen LogP contribution in [0.5, 0.6) is 17.2 Å². The van der Waals surface area contributed by atoms with Crippen molar-refractivity contribution in [2.45, 2.75) is 19.4 Å². The molecule has 8 nitrogen and oxygen atoms in total. The van der Waals surface area contributed by atoms with Crippen LogP contribution in [0, 0.1) is 0 Å². The molecule has 0 bridgehead atoms. The van der Waals surface area contributed by atoms with Gasteiger partial charge in [0.15, 0.2) is 11.5 Å². The maximum absolute atomic E-state index is 12.6. The molecule has 0 fully saturated rings. The molecular formula is C22H24N2O6. The Labute approximate surface area is 174 Å². The molecule has 0 aromatic heterocycles. The van der Waals surface area contributed by atoms with Gasteiger partial charge >= 0.3 is 0 Å². The van der Waals surface area contributed by atoms with Crippen LogP contribution in [0.25, 0.3) is 0 Å². The van der Waals surface area contributed by atoms with Crippen molar-refractivity contribution >= 4 is 17.7 Å². The monoisotopic (exact) mass is 412 g/mol. The number of nitrogens with one attached hydrogen (secondary N) is 1. The number of nitrogens with zero attached hydrogens (tertiary/aromatic N) is 1. The van der Waals surface area contributed by atoms with Gasteiger partial charge < -0.3 is 19.5 Å². The first-order valence-electron chi connectivity index (χ1n) is 9.46. The maximum Gasteiger partial charge on any atom is 0.260 e. The van der Waals surface area contributed by atoms with Gasteiger partial charge in [-0.2, -0.15) is 0 Å². The lowest BCUT2D eigenvalue weighted by Gasteiger charge is -2.26. The molecule has 158 valence electrons. The molecule has 8 heteroatoms. The molecule has 3 amide bonds. The van der Waals surface area contributed by atoms with Crippen molar-refractivity contribution in [2.75, 3.05) is 27.9 Å². The molecule has 0 spiro atoms. The van der Waals surface area contributed by atoms with Crippen LogP contribution in [-0.2, 0) is 22.6 Å². The number of hydrogen-bond donors (Lipinski definition) is 1. The van der Waals surface area contributed by atoms with Gasteiger partial charge in [0.05, 0.1) is 27.8 Å². The number of ether oxygens (including phenoxy) is 3. The van der Waals surface area contributed by atoms with E-state index < -0.39 is 0 Å². The standard InChI is InChI=1S/C22H24N2O6/c1-28-17-10-14(11-18(29-2)21(17)30-3)13-23-19(25)8-9-24-20(26)12-15-6-4-5-7-16(15)22(24)27/h4-7,10-11H,8-9,12-13H2,1-3H3,(H,23,25). The summed E-state index contributed by atoms with van der Waals surface area (Å²) in [5, 5.41) is 2.79. The molecule has 0 atom stereocenters. The quantitative estimate of drug-likeness (QED) is 0.666. The summed E-state index contributed by atoms with van der Waals surface area (Å²) in [4.78, 5) is 38.3. The third-order valence-electron chi connectivity index (χ3n) is 4.91. The van der Waals surface area contributed by atoms with Crippen LogP contribution in [0.3, 0.4) is 0 Å². The van der Waals surface area contributed by atoms with E-state index in [4.69, 9.17) is 14.2 Å². The van der Waals surface area contributed by atoms with Crippen molar-refractivity contribution in [3.63, 3.8) is 0 Å². The first-order valence-corrected chi connectivity index (χ1v) is 9.46. The zero-order valence-electron chi connectivity index (χ0n) is 17.2. The lowest BCUT2D eigenvalue weighted by Crippen LogP contribution is -2.44. The highest BCUT2D eigenvalue weighted by molar-refractivity contribution is 6.09. The number of fused-ring (bicyclic) bond motifs is 1. The van der Waals surface area contributed by atoms with Crippen molar-refractivity contribution in [3.05, 3.63) is 53.1 Å². The Balaban J connectivity index is 1.59. The predicted octanol–water partition coefficient (Wildman–Crippen LogP) is 1.94. The van der Waals surface area contributed by atoms with E-state index in [0.717, 1.165) is 16.0 Å². The molecule has 1 aliphatic rings. The maximum atomic E-state index is 12.6. The van der Waals surface area contributed by atoms with Crippen LogP contribution in [0.4, 0.5) is 0 Å². The topological polar surface area (TPSA) is 94.2 Å². The van der Waals surface area contributed by atoms with Crippen molar-refractivity contribution in [3.8, 4) is 17.2 Å². The molecule has 0 radical (unpaired) electrons. The molecule has 1 aliphatic heterocycles. The zero-order chi connectivity index (χ0) is 21.7. The minimum atomic E-state index is -0.362. The van der Waals surface area contributed by atoms with Crippen LogP contribution >= 0.6 is 0 Å². The average molecular weight is 412 g/mol. The number of amides is 3. The molecule has 30 heavy (non-hydrogen) atoms. The van der Waals surface area contributed by atoms with Gasteiger partial charge in [-0.25, -0.2) is 0 Å². The smallest absolute Gasteiger partial charge is 0.260 e. The molecule has 3 rings (SSSR count). The van der Waals surface area contributed by atoms with Crippen molar-refractivity contribution in [2.24, 2.45) is 0 Å². The Kier molecular flexibility index (Phi) is 6.56. The number of rotatable bonds is 8. The van der Waals surface area contributed by atoms with E-state index in [9.17, 15) is 14.4 Å². The molecule has 0 aliphatic carbocycles. The summed E-state index contributed by atoms with van der Waals surface area (Å²) in [6, 6.07) is 10.5. The van der Waals surface area contributed by atoms with Gasteiger partial charge in [-0.3, -0.25) is 19.3 Å². The highest BCUT2D eigenvalue weighted by atomic mass is 16.5. The fraction of sp³-hybridized carbons (Fsp3) is 0.318. The second kappa shape index (κ2) is 9.30. The Morgan fingerprint density at radius 3 is 2.33 bits per heavy atom. The van der Waals surface area contributed by atoms with E-state index in [-0.39, 0.29) is 43.7 Å². The van der Waals surface area contributed by atoms with Gasteiger partial charge in [0.25, 0.3) is 5.91 Å². The van der Waals surface area contributed by atoms with E-state index in [2.05, 4.69) is 5.32 Å². The summed E-state index contributed by atoms with van der Waals surface area (Å²) in [5.74, 6) is 0.518. The molecule has 2 aromatic carbocycles. The summed E-state index contributed by atoms with van der Waals surface area (Å²) in [5.41, 5.74) is 1.99. The van der Waals surface area contributed by atoms with E-state index in [1.54, 1.807) is 36.4 Å². The lowest BCUT2D eigenvalue weighted by atomic mass is 9.98. The average Bonchev–Trinajstić information content (AvgIpc) is 2.76.